The lowest BCUT2D eigenvalue weighted by Crippen LogP contribution is -3.12. The van der Waals surface area contributed by atoms with Crippen LogP contribution in [-0.4, -0.2) is 36.5 Å². The number of aromatic amines is 1. The van der Waals surface area contributed by atoms with Gasteiger partial charge in [-0.05, 0) is 12.1 Å². The Kier molecular flexibility index (Phi) is 3.82. The number of rotatable bonds is 3. The first-order chi connectivity index (χ1) is 9.33. The largest absolute Gasteiger partial charge is 0.370 e. The highest BCUT2D eigenvalue weighted by molar-refractivity contribution is 6.30. The summed E-state index contributed by atoms with van der Waals surface area (Å²) in [7, 11) is 0. The van der Waals surface area contributed by atoms with E-state index in [9.17, 15) is 0 Å². The molecule has 3 rings (SSSR count). The predicted molar refractivity (Wildman–Crippen MR) is 74.3 cm³/mol. The number of nitrogens with one attached hydrogen (secondary N) is 2. The summed E-state index contributed by atoms with van der Waals surface area (Å²) >= 11 is 5.92. The Bertz CT molecular complexity index is 532. The number of quaternary nitrogens is 1. The van der Waals surface area contributed by atoms with Gasteiger partial charge >= 0.3 is 0 Å². The Morgan fingerprint density at radius 1 is 1.21 bits per heavy atom. The molecule has 0 radical (unpaired) electrons. The van der Waals surface area contributed by atoms with Gasteiger partial charge in [0.15, 0.2) is 0 Å². The average molecular weight is 279 g/mol. The molecule has 0 spiro atoms. The summed E-state index contributed by atoms with van der Waals surface area (Å²) in [6.45, 7) is 4.81. The third-order valence-corrected chi connectivity index (χ3v) is 3.74. The van der Waals surface area contributed by atoms with Gasteiger partial charge in [0.25, 0.3) is 0 Å². The van der Waals surface area contributed by atoms with Gasteiger partial charge in [-0.1, -0.05) is 23.7 Å². The normalized spacial score (nSPS) is 16.7. The Morgan fingerprint density at radius 3 is 2.68 bits per heavy atom. The number of hydrogen-bond acceptors (Lipinski definition) is 2. The highest BCUT2D eigenvalue weighted by Gasteiger charge is 2.17. The number of ether oxygens (including phenoxy) is 1. The maximum atomic E-state index is 5.92. The van der Waals surface area contributed by atoms with E-state index in [4.69, 9.17) is 16.3 Å². The second-order valence-electron chi connectivity index (χ2n) is 4.82. The first-order valence-electron chi connectivity index (χ1n) is 6.52. The van der Waals surface area contributed by atoms with Gasteiger partial charge in [-0.3, -0.25) is 5.10 Å². The molecule has 2 heterocycles. The number of morpholine rings is 1. The molecule has 4 nitrogen and oxygen atoms in total. The standard InChI is InChI=1S/C14H16ClN3O/c15-13-3-1-11(2-4-13)14-12(9-16-17-14)10-18-5-7-19-8-6-18/h1-4,9H,5-8,10H2,(H,16,17)/p+1. The predicted octanol–water partition coefficient (Wildman–Crippen LogP) is 1.15. The van der Waals surface area contributed by atoms with Gasteiger partial charge < -0.3 is 9.64 Å². The minimum atomic E-state index is 0.753. The van der Waals surface area contributed by atoms with Crippen molar-refractivity contribution in [1.82, 2.24) is 10.2 Å². The fraction of sp³-hybridized carbons (Fsp3) is 0.357. The van der Waals surface area contributed by atoms with Crippen molar-refractivity contribution >= 4 is 11.6 Å². The van der Waals surface area contributed by atoms with Crippen molar-refractivity contribution in [2.45, 2.75) is 6.54 Å². The van der Waals surface area contributed by atoms with Crippen LogP contribution in [0.2, 0.25) is 5.02 Å². The van der Waals surface area contributed by atoms with Crippen LogP contribution in [0.15, 0.2) is 30.5 Å². The lowest BCUT2D eigenvalue weighted by atomic mass is 10.1. The van der Waals surface area contributed by atoms with Crippen LogP contribution in [-0.2, 0) is 11.3 Å². The van der Waals surface area contributed by atoms with Crippen molar-refractivity contribution in [3.05, 3.63) is 41.0 Å². The molecule has 1 fully saturated rings. The second-order valence-corrected chi connectivity index (χ2v) is 5.25. The van der Waals surface area contributed by atoms with E-state index in [0.717, 1.165) is 49.1 Å². The molecule has 1 saturated heterocycles. The van der Waals surface area contributed by atoms with Crippen molar-refractivity contribution in [3.8, 4) is 11.3 Å². The second kappa shape index (κ2) is 5.74. The Balaban J connectivity index is 1.79. The summed E-state index contributed by atoms with van der Waals surface area (Å²) in [6, 6.07) is 7.86. The van der Waals surface area contributed by atoms with Crippen LogP contribution >= 0.6 is 11.6 Å². The van der Waals surface area contributed by atoms with E-state index >= 15 is 0 Å². The van der Waals surface area contributed by atoms with Crippen LogP contribution in [0.4, 0.5) is 0 Å². The molecule has 100 valence electrons. The minimum Gasteiger partial charge on any atom is -0.370 e. The number of aromatic nitrogens is 2. The Morgan fingerprint density at radius 2 is 1.95 bits per heavy atom. The summed E-state index contributed by atoms with van der Waals surface area (Å²) in [5.74, 6) is 0. The zero-order valence-electron chi connectivity index (χ0n) is 10.7. The van der Waals surface area contributed by atoms with E-state index < -0.39 is 0 Å². The highest BCUT2D eigenvalue weighted by atomic mass is 35.5. The van der Waals surface area contributed by atoms with Crippen molar-refractivity contribution in [2.24, 2.45) is 0 Å². The summed E-state index contributed by atoms with van der Waals surface area (Å²) in [4.78, 5) is 1.54. The molecule has 1 aromatic carbocycles. The molecular weight excluding hydrogens is 262 g/mol. The zero-order chi connectivity index (χ0) is 13.1. The van der Waals surface area contributed by atoms with Gasteiger partial charge in [0.1, 0.15) is 19.6 Å². The summed E-state index contributed by atoms with van der Waals surface area (Å²) in [5.41, 5.74) is 3.47. The number of hydrogen-bond donors (Lipinski definition) is 2. The van der Waals surface area contributed by atoms with E-state index in [0.29, 0.717) is 0 Å². The fourth-order valence-electron chi connectivity index (χ4n) is 2.42. The molecule has 1 aliphatic rings. The zero-order valence-corrected chi connectivity index (χ0v) is 11.4. The SMILES string of the molecule is Clc1ccc(-c2[nH]ncc2C[NH+]2CCOCC2)cc1. The number of halogens is 1. The molecule has 0 saturated carbocycles. The maximum absolute atomic E-state index is 5.92. The summed E-state index contributed by atoms with van der Waals surface area (Å²) in [6.07, 6.45) is 1.92. The van der Waals surface area contributed by atoms with Gasteiger partial charge in [0, 0.05) is 10.6 Å². The highest BCUT2D eigenvalue weighted by Crippen LogP contribution is 2.22. The van der Waals surface area contributed by atoms with Gasteiger partial charge in [-0.15, -0.1) is 0 Å². The fourth-order valence-corrected chi connectivity index (χ4v) is 2.54. The van der Waals surface area contributed by atoms with Crippen molar-refractivity contribution < 1.29 is 9.64 Å². The van der Waals surface area contributed by atoms with E-state index in [1.807, 2.05) is 30.5 Å². The van der Waals surface area contributed by atoms with E-state index in [1.54, 1.807) is 4.90 Å². The lowest BCUT2D eigenvalue weighted by Gasteiger charge is -2.23. The molecule has 0 unspecified atom stereocenters. The van der Waals surface area contributed by atoms with E-state index in [1.165, 1.54) is 5.56 Å². The van der Waals surface area contributed by atoms with Crippen LogP contribution in [0.1, 0.15) is 5.56 Å². The van der Waals surface area contributed by atoms with E-state index in [-0.39, 0.29) is 0 Å². The molecule has 19 heavy (non-hydrogen) atoms. The van der Waals surface area contributed by atoms with Gasteiger partial charge in [0.05, 0.1) is 30.7 Å². The number of benzene rings is 1. The quantitative estimate of drug-likeness (QED) is 0.884. The van der Waals surface area contributed by atoms with Crippen LogP contribution in [0.25, 0.3) is 11.3 Å². The molecule has 2 aromatic rings. The van der Waals surface area contributed by atoms with Gasteiger partial charge in [-0.25, -0.2) is 0 Å². The third-order valence-electron chi connectivity index (χ3n) is 3.49. The van der Waals surface area contributed by atoms with Crippen molar-refractivity contribution in [2.75, 3.05) is 26.3 Å². The number of nitrogens with zero attached hydrogens (tertiary/aromatic N) is 1. The first-order valence-corrected chi connectivity index (χ1v) is 6.90. The molecular formula is C14H17ClN3O+. The lowest BCUT2D eigenvalue weighted by molar-refractivity contribution is -0.921. The minimum absolute atomic E-state index is 0.753. The summed E-state index contributed by atoms with van der Waals surface area (Å²) in [5, 5.41) is 8.03. The molecule has 1 aromatic heterocycles. The smallest absolute Gasteiger partial charge is 0.107 e. The van der Waals surface area contributed by atoms with Crippen LogP contribution in [0, 0.1) is 0 Å². The molecule has 0 atom stereocenters. The maximum Gasteiger partial charge on any atom is 0.107 e. The average Bonchev–Trinajstić information content (AvgIpc) is 2.89. The Labute approximate surface area is 117 Å². The van der Waals surface area contributed by atoms with Crippen molar-refractivity contribution in [1.29, 1.82) is 0 Å². The van der Waals surface area contributed by atoms with Gasteiger partial charge in [-0.2, -0.15) is 5.10 Å². The van der Waals surface area contributed by atoms with Crippen LogP contribution in [0.5, 0.6) is 0 Å². The van der Waals surface area contributed by atoms with Crippen molar-refractivity contribution in [3.63, 3.8) is 0 Å². The molecule has 2 N–H and O–H groups in total. The molecule has 0 amide bonds. The summed E-state index contributed by atoms with van der Waals surface area (Å²) < 4.78 is 5.39. The molecule has 0 bridgehead atoms. The third kappa shape index (κ3) is 2.97. The molecule has 0 aliphatic carbocycles. The topological polar surface area (TPSA) is 42.3 Å². The first kappa shape index (κ1) is 12.7. The van der Waals surface area contributed by atoms with Gasteiger partial charge in [0.2, 0.25) is 0 Å². The monoisotopic (exact) mass is 278 g/mol. The van der Waals surface area contributed by atoms with Crippen LogP contribution < -0.4 is 4.90 Å². The molecule has 1 aliphatic heterocycles. The molecule has 5 heteroatoms. The Hall–Kier alpha value is -1.36. The van der Waals surface area contributed by atoms with E-state index in [2.05, 4.69) is 10.2 Å². The van der Waals surface area contributed by atoms with Crippen LogP contribution in [0.3, 0.4) is 0 Å². The number of H-pyrrole nitrogens is 1.